The summed E-state index contributed by atoms with van der Waals surface area (Å²) in [6.07, 6.45) is 3.28. The molecular formula is C17H26N2O2. The Morgan fingerprint density at radius 1 is 1.33 bits per heavy atom. The zero-order valence-corrected chi connectivity index (χ0v) is 13.0. The quantitative estimate of drug-likeness (QED) is 0.845. The SMILES string of the molecule is CC(C)c1ccc(OCC(=O)NC2CCCC2CN)cc1. The summed E-state index contributed by atoms with van der Waals surface area (Å²) < 4.78 is 5.54. The maximum Gasteiger partial charge on any atom is 0.258 e. The molecule has 0 spiro atoms. The summed E-state index contributed by atoms with van der Waals surface area (Å²) in [7, 11) is 0. The minimum Gasteiger partial charge on any atom is -0.484 e. The third kappa shape index (κ3) is 4.46. The first-order chi connectivity index (χ1) is 10.1. The lowest BCUT2D eigenvalue weighted by molar-refractivity contribution is -0.124. The van der Waals surface area contributed by atoms with Crippen LogP contribution < -0.4 is 15.8 Å². The molecular weight excluding hydrogens is 264 g/mol. The van der Waals surface area contributed by atoms with Gasteiger partial charge in [0.2, 0.25) is 0 Å². The highest BCUT2D eigenvalue weighted by molar-refractivity contribution is 5.77. The number of nitrogens with two attached hydrogens (primary N) is 1. The second-order valence-corrected chi connectivity index (χ2v) is 6.11. The van der Waals surface area contributed by atoms with Crippen molar-refractivity contribution in [1.29, 1.82) is 0 Å². The van der Waals surface area contributed by atoms with Crippen LogP contribution in [0, 0.1) is 5.92 Å². The smallest absolute Gasteiger partial charge is 0.258 e. The van der Waals surface area contributed by atoms with Crippen LogP contribution in [0.4, 0.5) is 0 Å². The van der Waals surface area contributed by atoms with Crippen LogP contribution >= 0.6 is 0 Å². The summed E-state index contributed by atoms with van der Waals surface area (Å²) >= 11 is 0. The Kier molecular flexibility index (Phi) is 5.62. The van der Waals surface area contributed by atoms with Crippen molar-refractivity contribution in [3.8, 4) is 5.75 Å². The first-order valence-corrected chi connectivity index (χ1v) is 7.82. The van der Waals surface area contributed by atoms with E-state index in [-0.39, 0.29) is 18.6 Å². The molecule has 1 amide bonds. The molecule has 1 fully saturated rings. The van der Waals surface area contributed by atoms with Crippen molar-refractivity contribution < 1.29 is 9.53 Å². The Bertz CT molecular complexity index is 456. The van der Waals surface area contributed by atoms with Gasteiger partial charge >= 0.3 is 0 Å². The van der Waals surface area contributed by atoms with Gasteiger partial charge in [0.25, 0.3) is 5.91 Å². The highest BCUT2D eigenvalue weighted by Crippen LogP contribution is 2.24. The van der Waals surface area contributed by atoms with E-state index in [9.17, 15) is 4.79 Å². The number of hydrogen-bond acceptors (Lipinski definition) is 3. The first-order valence-electron chi connectivity index (χ1n) is 7.82. The Hall–Kier alpha value is -1.55. The van der Waals surface area contributed by atoms with E-state index in [0.29, 0.717) is 18.4 Å². The van der Waals surface area contributed by atoms with Gasteiger partial charge in [-0.05, 0) is 48.9 Å². The molecule has 1 aromatic carbocycles. The van der Waals surface area contributed by atoms with Crippen molar-refractivity contribution in [3.05, 3.63) is 29.8 Å². The summed E-state index contributed by atoms with van der Waals surface area (Å²) in [5.74, 6) is 1.59. The van der Waals surface area contributed by atoms with Crippen LogP contribution in [0.1, 0.15) is 44.6 Å². The summed E-state index contributed by atoms with van der Waals surface area (Å²) in [4.78, 5) is 11.9. The van der Waals surface area contributed by atoms with Crippen LogP contribution in [0.15, 0.2) is 24.3 Å². The number of benzene rings is 1. The molecule has 1 saturated carbocycles. The molecule has 4 nitrogen and oxygen atoms in total. The van der Waals surface area contributed by atoms with Gasteiger partial charge < -0.3 is 15.8 Å². The molecule has 0 heterocycles. The Labute approximate surface area is 127 Å². The van der Waals surface area contributed by atoms with Gasteiger partial charge in [-0.25, -0.2) is 0 Å². The maximum absolute atomic E-state index is 11.9. The molecule has 0 aromatic heterocycles. The van der Waals surface area contributed by atoms with E-state index >= 15 is 0 Å². The molecule has 0 bridgehead atoms. The van der Waals surface area contributed by atoms with Crippen molar-refractivity contribution in [2.75, 3.05) is 13.2 Å². The zero-order chi connectivity index (χ0) is 15.2. The van der Waals surface area contributed by atoms with Gasteiger partial charge in [0, 0.05) is 6.04 Å². The van der Waals surface area contributed by atoms with Gasteiger partial charge in [-0.1, -0.05) is 32.4 Å². The molecule has 3 N–H and O–H groups in total. The third-order valence-electron chi connectivity index (χ3n) is 4.22. The molecule has 21 heavy (non-hydrogen) atoms. The molecule has 2 unspecified atom stereocenters. The lowest BCUT2D eigenvalue weighted by Gasteiger charge is -2.19. The lowest BCUT2D eigenvalue weighted by atomic mass is 10.0. The monoisotopic (exact) mass is 290 g/mol. The van der Waals surface area contributed by atoms with Gasteiger partial charge in [0.1, 0.15) is 5.75 Å². The van der Waals surface area contributed by atoms with Crippen LogP contribution in [-0.2, 0) is 4.79 Å². The maximum atomic E-state index is 11.9. The average Bonchev–Trinajstić information content (AvgIpc) is 2.92. The van der Waals surface area contributed by atoms with E-state index in [1.807, 2.05) is 24.3 Å². The van der Waals surface area contributed by atoms with Crippen molar-refractivity contribution in [3.63, 3.8) is 0 Å². The van der Waals surface area contributed by atoms with Gasteiger partial charge in [0.05, 0.1) is 0 Å². The number of amides is 1. The molecule has 0 aliphatic heterocycles. The molecule has 1 aromatic rings. The summed E-state index contributed by atoms with van der Waals surface area (Å²) in [6, 6.07) is 8.13. The Morgan fingerprint density at radius 2 is 2.05 bits per heavy atom. The van der Waals surface area contributed by atoms with E-state index in [1.54, 1.807) is 0 Å². The zero-order valence-electron chi connectivity index (χ0n) is 13.0. The Balaban J connectivity index is 1.78. The summed E-state index contributed by atoms with van der Waals surface area (Å²) in [5.41, 5.74) is 6.99. The van der Waals surface area contributed by atoms with E-state index in [1.165, 1.54) is 5.56 Å². The Morgan fingerprint density at radius 3 is 2.67 bits per heavy atom. The standard InChI is InChI=1S/C17H26N2O2/c1-12(2)13-6-8-15(9-7-13)21-11-17(20)19-16-5-3-4-14(16)10-18/h6-9,12,14,16H,3-5,10-11,18H2,1-2H3,(H,19,20). The number of rotatable bonds is 6. The van der Waals surface area contributed by atoms with Crippen molar-refractivity contribution in [1.82, 2.24) is 5.32 Å². The molecule has 0 saturated heterocycles. The van der Waals surface area contributed by atoms with E-state index < -0.39 is 0 Å². The molecule has 1 aliphatic rings. The summed E-state index contributed by atoms with van der Waals surface area (Å²) in [6.45, 7) is 5.01. The fraction of sp³-hybridized carbons (Fsp3) is 0.588. The summed E-state index contributed by atoms with van der Waals surface area (Å²) in [5, 5.41) is 3.04. The second kappa shape index (κ2) is 7.46. The topological polar surface area (TPSA) is 64.3 Å². The van der Waals surface area contributed by atoms with E-state index in [2.05, 4.69) is 19.2 Å². The van der Waals surface area contributed by atoms with Crippen LogP contribution in [0.2, 0.25) is 0 Å². The molecule has 2 rings (SSSR count). The second-order valence-electron chi connectivity index (χ2n) is 6.11. The molecule has 0 radical (unpaired) electrons. The largest absolute Gasteiger partial charge is 0.484 e. The predicted molar refractivity (Wildman–Crippen MR) is 84.4 cm³/mol. The van der Waals surface area contributed by atoms with Crippen molar-refractivity contribution in [2.45, 2.75) is 45.1 Å². The van der Waals surface area contributed by atoms with Crippen LogP contribution in [0.25, 0.3) is 0 Å². The lowest BCUT2D eigenvalue weighted by Crippen LogP contribution is -2.42. The number of carbonyl (C=O) groups excluding carboxylic acids is 1. The predicted octanol–water partition coefficient (Wildman–Crippen LogP) is 2.43. The molecule has 4 heteroatoms. The number of nitrogens with one attached hydrogen (secondary N) is 1. The van der Waals surface area contributed by atoms with Crippen molar-refractivity contribution >= 4 is 5.91 Å². The fourth-order valence-electron chi connectivity index (χ4n) is 2.86. The highest BCUT2D eigenvalue weighted by Gasteiger charge is 2.27. The highest BCUT2D eigenvalue weighted by atomic mass is 16.5. The van der Waals surface area contributed by atoms with Gasteiger partial charge in [0.15, 0.2) is 6.61 Å². The van der Waals surface area contributed by atoms with Crippen LogP contribution in [0.5, 0.6) is 5.75 Å². The molecule has 1 aliphatic carbocycles. The van der Waals surface area contributed by atoms with E-state index in [0.717, 1.165) is 25.0 Å². The third-order valence-corrected chi connectivity index (χ3v) is 4.22. The van der Waals surface area contributed by atoms with Gasteiger partial charge in [-0.2, -0.15) is 0 Å². The van der Waals surface area contributed by atoms with E-state index in [4.69, 9.17) is 10.5 Å². The molecule has 116 valence electrons. The number of ether oxygens (including phenoxy) is 1. The average molecular weight is 290 g/mol. The van der Waals surface area contributed by atoms with Gasteiger partial charge in [-0.3, -0.25) is 4.79 Å². The molecule has 2 atom stereocenters. The first kappa shape index (κ1) is 15.8. The van der Waals surface area contributed by atoms with Gasteiger partial charge in [-0.15, -0.1) is 0 Å². The minimum atomic E-state index is -0.0618. The van der Waals surface area contributed by atoms with Crippen molar-refractivity contribution in [2.24, 2.45) is 11.7 Å². The number of carbonyl (C=O) groups is 1. The van der Waals surface area contributed by atoms with Crippen LogP contribution in [-0.4, -0.2) is 25.1 Å². The number of hydrogen-bond donors (Lipinski definition) is 2. The van der Waals surface area contributed by atoms with Crippen LogP contribution in [0.3, 0.4) is 0 Å². The fourth-order valence-corrected chi connectivity index (χ4v) is 2.86. The normalized spacial score (nSPS) is 21.5. The minimum absolute atomic E-state index is 0.0618.